The zero-order chi connectivity index (χ0) is 28.7. The van der Waals surface area contributed by atoms with E-state index in [0.29, 0.717) is 35.7 Å². The number of ether oxygens (including phenoxy) is 2. The second-order valence-corrected chi connectivity index (χ2v) is 9.85. The second kappa shape index (κ2) is 13.2. The van der Waals surface area contributed by atoms with Crippen molar-refractivity contribution < 1.29 is 19.1 Å². The molecule has 3 rings (SSSR count). The van der Waals surface area contributed by atoms with Gasteiger partial charge < -0.3 is 19.7 Å². The predicted octanol–water partition coefficient (Wildman–Crippen LogP) is 1.96. The lowest BCUT2D eigenvalue weighted by Crippen LogP contribution is -2.43. The third-order valence-corrected chi connectivity index (χ3v) is 6.44. The number of carbonyl (C=O) groups excluding carboxylic acids is 2. The van der Waals surface area contributed by atoms with Crippen LogP contribution in [0.2, 0.25) is 0 Å². The number of rotatable bonds is 11. The molecule has 10 heteroatoms. The number of carbonyl (C=O) groups is 2. The molecule has 0 saturated carbocycles. The van der Waals surface area contributed by atoms with E-state index in [9.17, 15) is 19.2 Å². The molecule has 1 aliphatic rings. The number of amides is 1. The monoisotopic (exact) mass is 538 g/mol. The highest BCUT2D eigenvalue weighted by atomic mass is 16.5. The minimum absolute atomic E-state index is 0.199. The Kier molecular flexibility index (Phi) is 10.1. The van der Waals surface area contributed by atoms with Gasteiger partial charge in [0.25, 0.3) is 5.56 Å². The molecule has 1 aromatic carbocycles. The first kappa shape index (κ1) is 29.6. The molecule has 39 heavy (non-hydrogen) atoms. The Morgan fingerprint density at radius 3 is 2.46 bits per heavy atom. The minimum Gasteiger partial charge on any atom is -0.492 e. The Hall–Kier alpha value is -3.92. The van der Waals surface area contributed by atoms with Gasteiger partial charge in [-0.05, 0) is 57.3 Å². The van der Waals surface area contributed by atoms with Gasteiger partial charge in [-0.25, -0.2) is 14.2 Å². The van der Waals surface area contributed by atoms with Crippen molar-refractivity contribution in [3.8, 4) is 5.69 Å². The molecule has 0 fully saturated rings. The number of hydrogen-bond acceptors (Lipinski definition) is 7. The van der Waals surface area contributed by atoms with Crippen LogP contribution < -0.4 is 16.6 Å². The molecule has 0 bridgehead atoms. The average Bonchev–Trinajstić information content (AvgIpc) is 3.10. The van der Waals surface area contributed by atoms with Gasteiger partial charge in [-0.3, -0.25) is 14.2 Å². The fourth-order valence-corrected chi connectivity index (χ4v) is 4.21. The van der Waals surface area contributed by atoms with Crippen LogP contribution in [-0.4, -0.2) is 64.8 Å². The van der Waals surface area contributed by atoms with Crippen molar-refractivity contribution in [2.45, 2.75) is 52.7 Å². The Labute approximate surface area is 228 Å². The molecule has 0 radical (unpaired) electrons. The molecule has 1 amide bonds. The zero-order valence-electron chi connectivity index (χ0n) is 23.5. The molecule has 1 unspecified atom stereocenters. The number of nitrogens with zero attached hydrogens (tertiary/aromatic N) is 3. The highest BCUT2D eigenvalue weighted by Crippen LogP contribution is 2.17. The summed E-state index contributed by atoms with van der Waals surface area (Å²) >= 11 is 0. The maximum Gasteiger partial charge on any atom is 0.335 e. The van der Waals surface area contributed by atoms with Gasteiger partial charge in [-0.15, -0.1) is 0 Å². The van der Waals surface area contributed by atoms with Crippen molar-refractivity contribution in [3.05, 3.63) is 79.8 Å². The van der Waals surface area contributed by atoms with Crippen molar-refractivity contribution in [2.24, 2.45) is 7.05 Å². The van der Waals surface area contributed by atoms with Gasteiger partial charge in [0.15, 0.2) is 0 Å². The SMILES string of the molecule is CCN(C)CCOC1=Cc2c(n(C)c(=O)n(-c3ccc(CC(NC(C)=O)C(=O)OC(C)C)cc3)c2=O)CC=C1. The standard InChI is InChI=1S/C29H38N4O6/c1-7-31(5)15-16-38-23-9-8-10-26-24(18-23)27(35)33(29(37)32(26)6)22-13-11-21(12-14-22)17-25(30-20(4)34)28(36)39-19(2)3/h8-9,11-14,18-19,25H,7,10,15-17H2,1-6H3,(H,30,34). The van der Waals surface area contributed by atoms with E-state index in [4.69, 9.17) is 9.47 Å². The number of hydrogen-bond donors (Lipinski definition) is 1. The number of esters is 1. The lowest BCUT2D eigenvalue weighted by atomic mass is 10.1. The molecule has 0 saturated heterocycles. The van der Waals surface area contributed by atoms with Crippen LogP contribution in [0.3, 0.4) is 0 Å². The largest absolute Gasteiger partial charge is 0.492 e. The fourth-order valence-electron chi connectivity index (χ4n) is 4.21. The summed E-state index contributed by atoms with van der Waals surface area (Å²) in [5.74, 6) is -0.311. The quantitative estimate of drug-likeness (QED) is 0.436. The lowest BCUT2D eigenvalue weighted by molar-refractivity contribution is -0.151. The number of fused-ring (bicyclic) bond motifs is 1. The number of nitrogens with one attached hydrogen (secondary N) is 1. The Bertz CT molecular complexity index is 1370. The summed E-state index contributed by atoms with van der Waals surface area (Å²) in [6.07, 6.45) is 5.70. The van der Waals surface area contributed by atoms with Gasteiger partial charge in [-0.1, -0.05) is 25.1 Å². The van der Waals surface area contributed by atoms with Crippen LogP contribution in [0.5, 0.6) is 0 Å². The maximum absolute atomic E-state index is 13.6. The highest BCUT2D eigenvalue weighted by molar-refractivity contribution is 5.83. The van der Waals surface area contributed by atoms with Gasteiger partial charge >= 0.3 is 11.7 Å². The van der Waals surface area contributed by atoms with Crippen molar-refractivity contribution in [3.63, 3.8) is 0 Å². The van der Waals surface area contributed by atoms with Gasteiger partial charge in [-0.2, -0.15) is 0 Å². The van der Waals surface area contributed by atoms with Crippen LogP contribution in [0.15, 0.2) is 51.8 Å². The molecule has 0 aliphatic heterocycles. The van der Waals surface area contributed by atoms with Crippen LogP contribution in [0.25, 0.3) is 11.8 Å². The third-order valence-electron chi connectivity index (χ3n) is 6.44. The van der Waals surface area contributed by atoms with Crippen LogP contribution in [0, 0.1) is 0 Å². The van der Waals surface area contributed by atoms with E-state index in [0.717, 1.165) is 23.2 Å². The van der Waals surface area contributed by atoms with E-state index in [1.807, 2.05) is 19.2 Å². The summed E-state index contributed by atoms with van der Waals surface area (Å²) in [6, 6.07) is 5.90. The normalized spacial score (nSPS) is 13.5. The van der Waals surface area contributed by atoms with E-state index in [1.165, 1.54) is 11.5 Å². The molecule has 0 spiro atoms. The van der Waals surface area contributed by atoms with Gasteiger partial charge in [0.05, 0.1) is 17.4 Å². The molecule has 1 atom stereocenters. The number of allylic oxidation sites excluding steroid dienone is 2. The molecule has 2 aromatic rings. The molecular formula is C29H38N4O6. The first-order chi connectivity index (χ1) is 18.5. The van der Waals surface area contributed by atoms with Crippen molar-refractivity contribution in [1.82, 2.24) is 19.4 Å². The molecule has 210 valence electrons. The number of aromatic nitrogens is 2. The smallest absolute Gasteiger partial charge is 0.335 e. The number of benzene rings is 1. The lowest BCUT2D eigenvalue weighted by Gasteiger charge is -2.19. The summed E-state index contributed by atoms with van der Waals surface area (Å²) in [7, 11) is 3.65. The average molecular weight is 539 g/mol. The van der Waals surface area contributed by atoms with Crippen LogP contribution in [-0.2, 0) is 39.0 Å². The predicted molar refractivity (Wildman–Crippen MR) is 150 cm³/mol. The second-order valence-electron chi connectivity index (χ2n) is 9.85. The molecular weight excluding hydrogens is 500 g/mol. The van der Waals surface area contributed by atoms with E-state index < -0.39 is 23.3 Å². The van der Waals surface area contributed by atoms with E-state index >= 15 is 0 Å². The summed E-state index contributed by atoms with van der Waals surface area (Å²) in [5, 5.41) is 2.62. The van der Waals surface area contributed by atoms with Gasteiger partial charge in [0, 0.05) is 39.1 Å². The Morgan fingerprint density at radius 1 is 1.15 bits per heavy atom. The fraction of sp³-hybridized carbons (Fsp3) is 0.448. The molecule has 10 nitrogen and oxygen atoms in total. The van der Waals surface area contributed by atoms with Crippen LogP contribution >= 0.6 is 0 Å². The molecule has 1 heterocycles. The molecule has 1 N–H and O–H groups in total. The summed E-state index contributed by atoms with van der Waals surface area (Å²) < 4.78 is 13.8. The highest BCUT2D eigenvalue weighted by Gasteiger charge is 2.23. The van der Waals surface area contributed by atoms with E-state index in [-0.39, 0.29) is 18.4 Å². The summed E-state index contributed by atoms with van der Waals surface area (Å²) in [5.41, 5.74) is 1.24. The van der Waals surface area contributed by atoms with Crippen molar-refractivity contribution >= 4 is 18.0 Å². The zero-order valence-corrected chi connectivity index (χ0v) is 23.5. The van der Waals surface area contributed by atoms with E-state index in [2.05, 4.69) is 17.1 Å². The van der Waals surface area contributed by atoms with Crippen LogP contribution in [0.1, 0.15) is 44.5 Å². The van der Waals surface area contributed by atoms with Gasteiger partial charge in [0.1, 0.15) is 18.4 Å². The maximum atomic E-state index is 13.6. The first-order valence-electron chi connectivity index (χ1n) is 13.1. The van der Waals surface area contributed by atoms with Crippen LogP contribution in [0.4, 0.5) is 0 Å². The summed E-state index contributed by atoms with van der Waals surface area (Å²) in [4.78, 5) is 53.1. The topological polar surface area (TPSA) is 112 Å². The molecule has 1 aliphatic carbocycles. The third kappa shape index (κ3) is 7.57. The first-order valence-corrected chi connectivity index (χ1v) is 13.1. The van der Waals surface area contributed by atoms with Gasteiger partial charge in [0.2, 0.25) is 5.91 Å². The minimum atomic E-state index is -0.855. The van der Waals surface area contributed by atoms with Crippen molar-refractivity contribution in [2.75, 3.05) is 26.7 Å². The van der Waals surface area contributed by atoms with Crippen molar-refractivity contribution in [1.29, 1.82) is 0 Å². The van der Waals surface area contributed by atoms with E-state index in [1.54, 1.807) is 51.2 Å². The molecule has 1 aromatic heterocycles. The Balaban J connectivity index is 1.92. The Morgan fingerprint density at radius 2 is 1.85 bits per heavy atom. The summed E-state index contributed by atoms with van der Waals surface area (Å²) in [6.45, 7) is 9.01. The number of likely N-dealkylation sites (N-methyl/N-ethyl adjacent to an activating group) is 1.